The maximum atomic E-state index is 11.2. The smallest absolute Gasteiger partial charge is 0.335 e. The number of aromatic nitrogens is 2. The summed E-state index contributed by atoms with van der Waals surface area (Å²) in [7, 11) is 0. The molecule has 0 radical (unpaired) electrons. The molecule has 0 saturated heterocycles. The highest BCUT2D eigenvalue weighted by molar-refractivity contribution is 7.09. The molecule has 0 fully saturated rings. The van der Waals surface area contributed by atoms with Gasteiger partial charge in [-0.05, 0) is 32.4 Å². The van der Waals surface area contributed by atoms with Crippen molar-refractivity contribution >= 4 is 23.1 Å². The zero-order chi connectivity index (χ0) is 15.4. The molecule has 2 N–H and O–H groups in total. The number of nitrogens with one attached hydrogen (secondary N) is 1. The third-order valence-electron chi connectivity index (χ3n) is 3.00. The summed E-state index contributed by atoms with van der Waals surface area (Å²) in [6.07, 6.45) is 1.69. The molecule has 1 atom stereocenters. The lowest BCUT2D eigenvalue weighted by molar-refractivity contribution is 0.0696. The molecule has 0 aliphatic rings. The summed E-state index contributed by atoms with van der Waals surface area (Å²) in [5.74, 6) is -0.353. The second-order valence-electron chi connectivity index (χ2n) is 4.98. The molecule has 1 unspecified atom stereocenters. The van der Waals surface area contributed by atoms with E-state index in [0.717, 1.165) is 29.2 Å². The van der Waals surface area contributed by atoms with Gasteiger partial charge in [-0.1, -0.05) is 13.3 Å². The summed E-state index contributed by atoms with van der Waals surface area (Å²) >= 11 is 1.58. The summed E-state index contributed by atoms with van der Waals surface area (Å²) in [5, 5.41) is 15.4. The fraction of sp³-hybridized carbons (Fsp3) is 0.400. The van der Waals surface area contributed by atoms with E-state index in [0.29, 0.717) is 5.82 Å². The van der Waals surface area contributed by atoms with Crippen LogP contribution in [0.4, 0.5) is 5.82 Å². The third kappa shape index (κ3) is 4.01. The first-order valence-corrected chi connectivity index (χ1v) is 7.80. The molecule has 2 rings (SSSR count). The van der Waals surface area contributed by atoms with Gasteiger partial charge in [0, 0.05) is 16.8 Å². The molecule has 5 nitrogen and oxygen atoms in total. The van der Waals surface area contributed by atoms with E-state index < -0.39 is 5.97 Å². The molecule has 0 saturated carbocycles. The van der Waals surface area contributed by atoms with Gasteiger partial charge >= 0.3 is 5.97 Å². The van der Waals surface area contributed by atoms with E-state index in [1.54, 1.807) is 23.5 Å². The van der Waals surface area contributed by atoms with E-state index >= 15 is 0 Å². The number of thiazole rings is 1. The standard InChI is InChI=1S/C15H19N3O2S/c1-4-5-12-6-11(15(19)20)7-13(18-12)17-10(3)14-16-9(2)8-21-14/h6-8,10H,4-5H2,1-3H3,(H,17,18)(H,19,20). The largest absolute Gasteiger partial charge is 0.478 e. The summed E-state index contributed by atoms with van der Waals surface area (Å²) in [5.41, 5.74) is 2.04. The molecular weight excluding hydrogens is 286 g/mol. The van der Waals surface area contributed by atoms with Crippen LogP contribution in [0.15, 0.2) is 17.5 Å². The number of hydrogen-bond acceptors (Lipinski definition) is 5. The topological polar surface area (TPSA) is 75.1 Å². The number of anilines is 1. The Hall–Kier alpha value is -1.95. The number of carboxylic acids is 1. The Bertz CT molecular complexity index is 640. The van der Waals surface area contributed by atoms with Crippen LogP contribution in [-0.4, -0.2) is 21.0 Å². The average molecular weight is 305 g/mol. The van der Waals surface area contributed by atoms with Crippen LogP contribution in [-0.2, 0) is 6.42 Å². The normalized spacial score (nSPS) is 12.1. The molecule has 21 heavy (non-hydrogen) atoms. The molecule has 2 aromatic heterocycles. The van der Waals surface area contributed by atoms with E-state index in [-0.39, 0.29) is 11.6 Å². The molecule has 0 amide bonds. The van der Waals surface area contributed by atoms with Gasteiger partial charge in [0.15, 0.2) is 0 Å². The summed E-state index contributed by atoms with van der Waals surface area (Å²) in [6.45, 7) is 5.99. The Morgan fingerprint density at radius 3 is 2.76 bits per heavy atom. The van der Waals surface area contributed by atoms with Crippen molar-refractivity contribution in [2.24, 2.45) is 0 Å². The first kappa shape index (κ1) is 15.4. The number of carbonyl (C=O) groups is 1. The minimum Gasteiger partial charge on any atom is -0.478 e. The Morgan fingerprint density at radius 1 is 1.43 bits per heavy atom. The van der Waals surface area contributed by atoms with E-state index in [1.165, 1.54) is 0 Å². The van der Waals surface area contributed by atoms with Gasteiger partial charge < -0.3 is 10.4 Å². The van der Waals surface area contributed by atoms with Crippen LogP contribution < -0.4 is 5.32 Å². The lowest BCUT2D eigenvalue weighted by Gasteiger charge is -2.13. The van der Waals surface area contributed by atoms with Gasteiger partial charge in [-0.2, -0.15) is 0 Å². The molecule has 0 bridgehead atoms. The van der Waals surface area contributed by atoms with Crippen LogP contribution in [0.1, 0.15) is 53.1 Å². The van der Waals surface area contributed by atoms with Crippen LogP contribution in [0.3, 0.4) is 0 Å². The first-order chi connectivity index (χ1) is 9.99. The van der Waals surface area contributed by atoms with Gasteiger partial charge in [0.05, 0.1) is 11.6 Å². The fourth-order valence-corrected chi connectivity index (χ4v) is 2.83. The van der Waals surface area contributed by atoms with Gasteiger partial charge in [0.25, 0.3) is 0 Å². The van der Waals surface area contributed by atoms with E-state index in [4.69, 9.17) is 0 Å². The van der Waals surface area contributed by atoms with Gasteiger partial charge in [0.1, 0.15) is 10.8 Å². The van der Waals surface area contributed by atoms with Gasteiger partial charge in [0.2, 0.25) is 0 Å². The summed E-state index contributed by atoms with van der Waals surface area (Å²) in [4.78, 5) is 20.1. The van der Waals surface area contributed by atoms with E-state index in [1.807, 2.05) is 26.2 Å². The number of aromatic carboxylic acids is 1. The van der Waals surface area contributed by atoms with Crippen LogP contribution in [0.5, 0.6) is 0 Å². The van der Waals surface area contributed by atoms with Crippen LogP contribution in [0.2, 0.25) is 0 Å². The monoisotopic (exact) mass is 305 g/mol. The number of rotatable bonds is 6. The Labute approximate surface area is 128 Å². The SMILES string of the molecule is CCCc1cc(C(=O)O)cc(NC(C)c2nc(C)cs2)n1. The maximum absolute atomic E-state index is 11.2. The molecule has 6 heteroatoms. The molecule has 2 heterocycles. The quantitative estimate of drug-likeness (QED) is 0.851. The Balaban J connectivity index is 2.23. The van der Waals surface area contributed by atoms with Crippen LogP contribution in [0.25, 0.3) is 0 Å². The van der Waals surface area contributed by atoms with Gasteiger partial charge in [-0.15, -0.1) is 11.3 Å². The van der Waals surface area contributed by atoms with Crippen molar-refractivity contribution in [3.8, 4) is 0 Å². The summed E-state index contributed by atoms with van der Waals surface area (Å²) in [6, 6.07) is 3.20. The third-order valence-corrected chi connectivity index (χ3v) is 4.15. The second kappa shape index (κ2) is 6.67. The fourth-order valence-electron chi connectivity index (χ4n) is 2.02. The molecular formula is C15H19N3O2S. The van der Waals surface area contributed by atoms with Crippen molar-refractivity contribution in [2.75, 3.05) is 5.32 Å². The molecule has 0 aliphatic heterocycles. The lowest BCUT2D eigenvalue weighted by Crippen LogP contribution is -2.10. The number of hydrogen-bond donors (Lipinski definition) is 2. The van der Waals surface area contributed by atoms with Crippen LogP contribution >= 0.6 is 11.3 Å². The van der Waals surface area contributed by atoms with Gasteiger partial charge in [-0.25, -0.2) is 14.8 Å². The highest BCUT2D eigenvalue weighted by Gasteiger charge is 2.13. The van der Waals surface area contributed by atoms with Crippen molar-refractivity contribution in [3.63, 3.8) is 0 Å². The van der Waals surface area contributed by atoms with Gasteiger partial charge in [-0.3, -0.25) is 0 Å². The van der Waals surface area contributed by atoms with Crippen molar-refractivity contribution in [1.82, 2.24) is 9.97 Å². The second-order valence-corrected chi connectivity index (χ2v) is 5.87. The molecule has 0 aromatic carbocycles. The predicted octanol–water partition coefficient (Wildman–Crippen LogP) is 3.67. The van der Waals surface area contributed by atoms with Crippen molar-refractivity contribution in [2.45, 2.75) is 39.7 Å². The highest BCUT2D eigenvalue weighted by Crippen LogP contribution is 2.22. The lowest BCUT2D eigenvalue weighted by atomic mass is 10.1. The van der Waals surface area contributed by atoms with Crippen molar-refractivity contribution in [1.29, 1.82) is 0 Å². The summed E-state index contributed by atoms with van der Waals surface area (Å²) < 4.78 is 0. The number of carboxylic acid groups (broad SMARTS) is 1. The zero-order valence-corrected chi connectivity index (χ0v) is 13.2. The number of aryl methyl sites for hydroxylation is 2. The maximum Gasteiger partial charge on any atom is 0.335 e. The minimum atomic E-state index is -0.935. The number of nitrogens with zero attached hydrogens (tertiary/aromatic N) is 2. The van der Waals surface area contributed by atoms with E-state index in [9.17, 15) is 9.90 Å². The molecule has 112 valence electrons. The zero-order valence-electron chi connectivity index (χ0n) is 12.4. The highest BCUT2D eigenvalue weighted by atomic mass is 32.1. The Kier molecular flexibility index (Phi) is 4.90. The molecule has 0 spiro atoms. The number of pyridine rings is 1. The van der Waals surface area contributed by atoms with Crippen molar-refractivity contribution in [3.05, 3.63) is 39.5 Å². The van der Waals surface area contributed by atoms with E-state index in [2.05, 4.69) is 15.3 Å². The van der Waals surface area contributed by atoms with Crippen molar-refractivity contribution < 1.29 is 9.90 Å². The Morgan fingerprint density at radius 2 is 2.19 bits per heavy atom. The molecule has 2 aromatic rings. The molecule has 0 aliphatic carbocycles. The predicted molar refractivity (Wildman–Crippen MR) is 84.1 cm³/mol. The minimum absolute atomic E-state index is 0.00489. The first-order valence-electron chi connectivity index (χ1n) is 6.92. The van der Waals surface area contributed by atoms with Crippen LogP contribution in [0, 0.1) is 6.92 Å². The average Bonchev–Trinajstić information content (AvgIpc) is 2.85.